The van der Waals surface area contributed by atoms with Gasteiger partial charge in [0.15, 0.2) is 11.5 Å². The van der Waals surface area contributed by atoms with E-state index < -0.39 is 0 Å². The summed E-state index contributed by atoms with van der Waals surface area (Å²) in [5.74, 6) is 2.06. The third-order valence-electron chi connectivity index (χ3n) is 8.25. The topological polar surface area (TPSA) is 65.4 Å². The van der Waals surface area contributed by atoms with E-state index in [1.165, 1.54) is 102 Å². The summed E-state index contributed by atoms with van der Waals surface area (Å²) in [7, 11) is 3.16. The van der Waals surface area contributed by atoms with Crippen molar-refractivity contribution in [3.05, 3.63) is 53.9 Å². The molecule has 0 radical (unpaired) electrons. The molecule has 0 aliphatic carbocycles. The number of aromatic nitrogens is 2. The first-order valence-electron chi connectivity index (χ1n) is 16.6. The number of hydrogen-bond donors (Lipinski definition) is 1. The van der Waals surface area contributed by atoms with E-state index in [1.54, 1.807) is 32.4 Å². The summed E-state index contributed by atoms with van der Waals surface area (Å²) in [5, 5.41) is 3.04. The van der Waals surface area contributed by atoms with E-state index in [-0.39, 0.29) is 5.91 Å². The number of methoxy groups -OCH3 is 2. The first-order chi connectivity index (χ1) is 20.7. The number of imidazole rings is 1. The van der Waals surface area contributed by atoms with Crippen molar-refractivity contribution in [2.24, 2.45) is 0 Å². The van der Waals surface area contributed by atoms with E-state index in [9.17, 15) is 4.79 Å². The fourth-order valence-corrected chi connectivity index (χ4v) is 5.75. The van der Waals surface area contributed by atoms with Gasteiger partial charge in [-0.05, 0) is 36.8 Å². The lowest BCUT2D eigenvalue weighted by Crippen LogP contribution is -2.26. The molecule has 0 saturated carbocycles. The van der Waals surface area contributed by atoms with Crippen molar-refractivity contribution < 1.29 is 14.3 Å². The van der Waals surface area contributed by atoms with Crippen LogP contribution in [0.5, 0.6) is 11.5 Å². The number of hydrogen-bond acceptors (Lipinski definition) is 4. The number of benzene rings is 2. The SMILES string of the molecule is CCCCCCCCCCCCCCCCCCn1c(CCNC(=O)c2ccc(OC)c(OC)c2)nc2ccccc21. The Kier molecular flexibility index (Phi) is 15.9. The number of nitrogens with one attached hydrogen (secondary N) is 1. The van der Waals surface area contributed by atoms with Gasteiger partial charge in [0.1, 0.15) is 5.82 Å². The van der Waals surface area contributed by atoms with Crippen molar-refractivity contribution in [1.82, 2.24) is 14.9 Å². The predicted octanol–water partition coefficient (Wildman–Crippen LogP) is 9.29. The largest absolute Gasteiger partial charge is 0.493 e. The zero-order valence-electron chi connectivity index (χ0n) is 26.6. The number of carbonyl (C=O) groups is 1. The summed E-state index contributed by atoms with van der Waals surface area (Å²) in [4.78, 5) is 17.7. The summed E-state index contributed by atoms with van der Waals surface area (Å²) < 4.78 is 13.0. The lowest BCUT2D eigenvalue weighted by atomic mass is 10.0. The van der Waals surface area contributed by atoms with Crippen LogP contribution in [0, 0.1) is 0 Å². The third kappa shape index (κ3) is 11.3. The minimum atomic E-state index is -0.128. The minimum absolute atomic E-state index is 0.128. The van der Waals surface area contributed by atoms with Crippen LogP contribution in [0.4, 0.5) is 0 Å². The van der Waals surface area contributed by atoms with Gasteiger partial charge in [0.2, 0.25) is 0 Å². The van der Waals surface area contributed by atoms with E-state index in [1.807, 2.05) is 6.07 Å². The van der Waals surface area contributed by atoms with E-state index >= 15 is 0 Å². The quantitative estimate of drug-likeness (QED) is 0.114. The first kappa shape index (κ1) is 33.5. The molecule has 1 heterocycles. The molecule has 0 bridgehead atoms. The molecule has 1 amide bonds. The second-order valence-corrected chi connectivity index (χ2v) is 11.5. The molecule has 0 spiro atoms. The van der Waals surface area contributed by atoms with Gasteiger partial charge in [-0.15, -0.1) is 0 Å². The summed E-state index contributed by atoms with van der Waals surface area (Å²) in [6.07, 6.45) is 22.7. The number of aryl methyl sites for hydroxylation is 1. The number of nitrogens with zero attached hydrogens (tertiary/aromatic N) is 2. The first-order valence-corrected chi connectivity index (χ1v) is 16.6. The Morgan fingerprint density at radius 2 is 1.31 bits per heavy atom. The number of rotatable bonds is 23. The maximum atomic E-state index is 12.8. The average molecular weight is 578 g/mol. The lowest BCUT2D eigenvalue weighted by Gasteiger charge is -2.11. The molecule has 0 fully saturated rings. The van der Waals surface area contributed by atoms with Crippen LogP contribution in [-0.4, -0.2) is 36.2 Å². The predicted molar refractivity (Wildman–Crippen MR) is 175 cm³/mol. The van der Waals surface area contributed by atoms with Crippen molar-refractivity contribution in [3.63, 3.8) is 0 Å². The van der Waals surface area contributed by atoms with Gasteiger partial charge in [-0.25, -0.2) is 4.98 Å². The van der Waals surface area contributed by atoms with Gasteiger partial charge in [0.05, 0.1) is 25.3 Å². The fraction of sp³-hybridized carbons (Fsp3) is 0.611. The molecule has 232 valence electrons. The number of carbonyl (C=O) groups excluding carboxylic acids is 1. The number of unbranched alkanes of at least 4 members (excludes halogenated alkanes) is 15. The normalized spacial score (nSPS) is 11.2. The average Bonchev–Trinajstić information content (AvgIpc) is 3.37. The molecule has 0 unspecified atom stereocenters. The van der Waals surface area contributed by atoms with Gasteiger partial charge in [-0.3, -0.25) is 4.79 Å². The van der Waals surface area contributed by atoms with Crippen LogP contribution in [0.25, 0.3) is 11.0 Å². The van der Waals surface area contributed by atoms with E-state index in [0.29, 0.717) is 30.0 Å². The van der Waals surface area contributed by atoms with Crippen LogP contribution < -0.4 is 14.8 Å². The molecule has 3 rings (SSSR count). The van der Waals surface area contributed by atoms with Crippen molar-refractivity contribution in [3.8, 4) is 11.5 Å². The molecule has 6 heteroatoms. The van der Waals surface area contributed by atoms with Gasteiger partial charge >= 0.3 is 0 Å². The Morgan fingerprint density at radius 3 is 1.90 bits per heavy atom. The van der Waals surface area contributed by atoms with Crippen LogP contribution >= 0.6 is 0 Å². The van der Waals surface area contributed by atoms with E-state index in [0.717, 1.165) is 24.3 Å². The molecule has 0 aliphatic heterocycles. The highest BCUT2D eigenvalue weighted by molar-refractivity contribution is 5.94. The second kappa shape index (κ2) is 20.0. The summed E-state index contributed by atoms with van der Waals surface area (Å²) in [5.41, 5.74) is 2.75. The Morgan fingerprint density at radius 1 is 0.738 bits per heavy atom. The van der Waals surface area contributed by atoms with Crippen LogP contribution in [-0.2, 0) is 13.0 Å². The van der Waals surface area contributed by atoms with Gasteiger partial charge in [0.25, 0.3) is 5.91 Å². The van der Waals surface area contributed by atoms with Gasteiger partial charge in [-0.1, -0.05) is 115 Å². The standard InChI is InChI=1S/C36H55N3O3/c1-4-5-6-7-8-9-10-11-12-13-14-15-16-17-18-21-28-39-32-23-20-19-22-31(32)38-35(39)26-27-37-36(40)30-24-25-33(41-2)34(29-30)42-3/h19-20,22-25,29H,4-18,21,26-28H2,1-3H3,(H,37,40). The van der Waals surface area contributed by atoms with Crippen LogP contribution in [0.15, 0.2) is 42.5 Å². The third-order valence-corrected chi connectivity index (χ3v) is 8.25. The lowest BCUT2D eigenvalue weighted by molar-refractivity contribution is 0.0953. The Labute approximate surface area is 254 Å². The Hall–Kier alpha value is -3.02. The molecule has 6 nitrogen and oxygen atoms in total. The smallest absolute Gasteiger partial charge is 0.251 e. The van der Waals surface area contributed by atoms with Crippen molar-refractivity contribution >= 4 is 16.9 Å². The maximum absolute atomic E-state index is 12.8. The zero-order chi connectivity index (χ0) is 29.8. The zero-order valence-corrected chi connectivity index (χ0v) is 26.6. The molecule has 1 aromatic heterocycles. The Balaban J connectivity index is 1.33. The molecular formula is C36H55N3O3. The number of para-hydroxylation sites is 2. The highest BCUT2D eigenvalue weighted by atomic mass is 16.5. The molecular weight excluding hydrogens is 522 g/mol. The number of amides is 1. The number of fused-ring (bicyclic) bond motifs is 1. The van der Waals surface area contributed by atoms with Crippen LogP contribution in [0.3, 0.4) is 0 Å². The Bertz CT molecular complexity index is 1170. The second-order valence-electron chi connectivity index (χ2n) is 11.5. The van der Waals surface area contributed by atoms with E-state index in [4.69, 9.17) is 14.5 Å². The van der Waals surface area contributed by atoms with Gasteiger partial charge in [0, 0.05) is 25.1 Å². The van der Waals surface area contributed by atoms with E-state index in [2.05, 4.69) is 35.0 Å². The van der Waals surface area contributed by atoms with Crippen LogP contribution in [0.2, 0.25) is 0 Å². The molecule has 0 aliphatic rings. The molecule has 0 atom stereocenters. The van der Waals surface area contributed by atoms with Gasteiger partial charge < -0.3 is 19.4 Å². The molecule has 3 aromatic rings. The summed E-state index contributed by atoms with van der Waals surface area (Å²) in [6.45, 7) is 3.78. The summed E-state index contributed by atoms with van der Waals surface area (Å²) in [6, 6.07) is 13.6. The van der Waals surface area contributed by atoms with Crippen molar-refractivity contribution in [2.75, 3.05) is 20.8 Å². The molecule has 1 N–H and O–H groups in total. The highest BCUT2D eigenvalue weighted by Gasteiger charge is 2.13. The van der Waals surface area contributed by atoms with Gasteiger partial charge in [-0.2, -0.15) is 0 Å². The van der Waals surface area contributed by atoms with Crippen molar-refractivity contribution in [2.45, 2.75) is 123 Å². The summed E-state index contributed by atoms with van der Waals surface area (Å²) >= 11 is 0. The van der Waals surface area contributed by atoms with Crippen molar-refractivity contribution in [1.29, 1.82) is 0 Å². The fourth-order valence-electron chi connectivity index (χ4n) is 5.75. The number of ether oxygens (including phenoxy) is 2. The molecule has 42 heavy (non-hydrogen) atoms. The molecule has 2 aromatic carbocycles. The minimum Gasteiger partial charge on any atom is -0.493 e. The monoisotopic (exact) mass is 577 g/mol. The van der Waals surface area contributed by atoms with Crippen LogP contribution in [0.1, 0.15) is 126 Å². The maximum Gasteiger partial charge on any atom is 0.251 e. The highest BCUT2D eigenvalue weighted by Crippen LogP contribution is 2.27. The molecule has 0 saturated heterocycles.